The molecular weight excluding hydrogens is 336 g/mol. The number of hydrogen-bond acceptors (Lipinski definition) is 3. The molecule has 1 atom stereocenters. The molecule has 0 spiro atoms. The zero-order chi connectivity index (χ0) is 18.9. The lowest BCUT2D eigenvalue weighted by Gasteiger charge is -2.27. The summed E-state index contributed by atoms with van der Waals surface area (Å²) in [5, 5.41) is 0. The van der Waals surface area contributed by atoms with Crippen LogP contribution in [0.2, 0.25) is 0 Å². The van der Waals surface area contributed by atoms with Crippen molar-refractivity contribution in [3.8, 4) is 0 Å². The van der Waals surface area contributed by atoms with Crippen molar-refractivity contribution in [2.75, 3.05) is 19.8 Å². The number of benzene rings is 2. The Morgan fingerprint density at radius 2 is 1.56 bits per heavy atom. The van der Waals surface area contributed by atoms with Crippen LogP contribution in [0.3, 0.4) is 0 Å². The molecule has 27 heavy (non-hydrogen) atoms. The van der Waals surface area contributed by atoms with E-state index in [1.165, 1.54) is 22.3 Å². The lowest BCUT2D eigenvalue weighted by Crippen LogP contribution is -2.22. The van der Waals surface area contributed by atoms with Gasteiger partial charge in [-0.25, -0.2) is 0 Å². The first kappa shape index (κ1) is 19.4. The van der Waals surface area contributed by atoms with E-state index in [-0.39, 0.29) is 11.9 Å². The molecule has 0 saturated carbocycles. The van der Waals surface area contributed by atoms with Crippen molar-refractivity contribution in [3.63, 3.8) is 0 Å². The zero-order valence-electron chi connectivity index (χ0n) is 16.0. The molecule has 0 aliphatic heterocycles. The van der Waals surface area contributed by atoms with Crippen molar-refractivity contribution in [1.82, 2.24) is 0 Å². The van der Waals surface area contributed by atoms with Crippen LogP contribution in [-0.2, 0) is 14.3 Å². The molecule has 0 bridgehead atoms. The first-order valence-electron chi connectivity index (χ1n) is 9.87. The molecule has 3 nitrogen and oxygen atoms in total. The van der Waals surface area contributed by atoms with Crippen LogP contribution in [0.25, 0.3) is 11.1 Å². The summed E-state index contributed by atoms with van der Waals surface area (Å²) >= 11 is 0. The number of allylic oxidation sites excluding steroid dienone is 2. The van der Waals surface area contributed by atoms with Crippen LogP contribution in [-0.4, -0.2) is 25.8 Å². The minimum absolute atomic E-state index is 0.0697. The quantitative estimate of drug-likeness (QED) is 0.467. The molecule has 0 heterocycles. The summed E-state index contributed by atoms with van der Waals surface area (Å²) in [6.45, 7) is 3.74. The van der Waals surface area contributed by atoms with E-state index in [1.807, 2.05) is 19.1 Å². The number of esters is 1. The summed E-state index contributed by atoms with van der Waals surface area (Å²) in [6.07, 6.45) is 3.22. The van der Waals surface area contributed by atoms with Gasteiger partial charge in [-0.2, -0.15) is 0 Å². The Morgan fingerprint density at radius 1 is 0.926 bits per heavy atom. The van der Waals surface area contributed by atoms with E-state index < -0.39 is 0 Å². The molecule has 3 heteroatoms. The molecule has 3 rings (SSSR count). The minimum atomic E-state index is -0.0768. The summed E-state index contributed by atoms with van der Waals surface area (Å²) < 4.78 is 10.8. The monoisotopic (exact) mass is 364 g/mol. The fourth-order valence-electron chi connectivity index (χ4n) is 3.63. The first-order chi connectivity index (χ1) is 13.3. The molecule has 1 unspecified atom stereocenters. The van der Waals surface area contributed by atoms with Gasteiger partial charge in [0, 0.05) is 19.6 Å². The van der Waals surface area contributed by atoms with E-state index in [4.69, 9.17) is 9.47 Å². The maximum atomic E-state index is 12.6. The van der Waals surface area contributed by atoms with E-state index in [9.17, 15) is 4.79 Å². The predicted octanol–water partition coefficient (Wildman–Crippen LogP) is 5.37. The largest absolute Gasteiger partial charge is 0.465 e. The van der Waals surface area contributed by atoms with Crippen molar-refractivity contribution in [1.29, 1.82) is 0 Å². The van der Waals surface area contributed by atoms with Crippen molar-refractivity contribution in [2.45, 2.75) is 32.6 Å². The average molecular weight is 364 g/mol. The molecule has 1 aliphatic carbocycles. The van der Waals surface area contributed by atoms with Gasteiger partial charge in [-0.1, -0.05) is 60.7 Å². The van der Waals surface area contributed by atoms with E-state index in [1.54, 1.807) is 0 Å². The highest BCUT2D eigenvalue weighted by atomic mass is 16.5. The van der Waals surface area contributed by atoms with Gasteiger partial charge in [-0.05, 0) is 48.5 Å². The van der Waals surface area contributed by atoms with Crippen molar-refractivity contribution >= 4 is 17.1 Å². The molecule has 0 N–H and O–H groups in total. The average Bonchev–Trinajstić information content (AvgIpc) is 2.74. The summed E-state index contributed by atoms with van der Waals surface area (Å²) in [5.74, 6) is -0.146. The summed E-state index contributed by atoms with van der Waals surface area (Å²) in [4.78, 5) is 12.6. The standard InChI is InChI=1S/C24H28O3/c1-2-26-16-9-17-27-24(25)21-14-15-22(19-10-5-3-6-11-19)23(18-21)20-12-7-4-8-13-20/h3-8,10-13,21H,2,9,14-18H2,1H3. The number of rotatable bonds is 8. The van der Waals surface area contributed by atoms with Gasteiger partial charge in [0.05, 0.1) is 12.5 Å². The fraction of sp³-hybridized carbons (Fsp3) is 0.375. The SMILES string of the molecule is CCOCCCOC(=O)C1CCC(c2ccccc2)=C(c2ccccc2)C1. The summed E-state index contributed by atoms with van der Waals surface area (Å²) in [6, 6.07) is 20.9. The van der Waals surface area contributed by atoms with Crippen LogP contribution >= 0.6 is 0 Å². The second-order valence-corrected chi connectivity index (χ2v) is 6.85. The molecule has 0 aromatic heterocycles. The Morgan fingerprint density at radius 3 is 2.19 bits per heavy atom. The minimum Gasteiger partial charge on any atom is -0.465 e. The number of ether oxygens (including phenoxy) is 2. The molecular formula is C24H28O3. The molecule has 0 radical (unpaired) electrons. The fourth-order valence-corrected chi connectivity index (χ4v) is 3.63. The van der Waals surface area contributed by atoms with Gasteiger partial charge < -0.3 is 9.47 Å². The van der Waals surface area contributed by atoms with Crippen LogP contribution in [0, 0.1) is 5.92 Å². The number of hydrogen-bond donors (Lipinski definition) is 0. The predicted molar refractivity (Wildman–Crippen MR) is 109 cm³/mol. The van der Waals surface area contributed by atoms with Crippen molar-refractivity contribution in [2.24, 2.45) is 5.92 Å². The normalized spacial score (nSPS) is 17.0. The van der Waals surface area contributed by atoms with Crippen molar-refractivity contribution in [3.05, 3.63) is 71.8 Å². The Kier molecular flexibility index (Phi) is 7.23. The Hall–Kier alpha value is -2.39. The van der Waals surface area contributed by atoms with Gasteiger partial charge in [0.1, 0.15) is 0 Å². The third kappa shape index (κ3) is 5.30. The Bertz CT molecular complexity index is 750. The third-order valence-electron chi connectivity index (χ3n) is 5.02. The van der Waals surface area contributed by atoms with Gasteiger partial charge in [-0.15, -0.1) is 0 Å². The van der Waals surface area contributed by atoms with Crippen molar-refractivity contribution < 1.29 is 14.3 Å². The topological polar surface area (TPSA) is 35.5 Å². The van der Waals surface area contributed by atoms with Crippen LogP contribution < -0.4 is 0 Å². The lowest BCUT2D eigenvalue weighted by molar-refractivity contribution is -0.149. The lowest BCUT2D eigenvalue weighted by atomic mass is 9.78. The van der Waals surface area contributed by atoms with E-state index in [0.29, 0.717) is 19.8 Å². The van der Waals surface area contributed by atoms with Crippen LogP contribution in [0.15, 0.2) is 60.7 Å². The van der Waals surface area contributed by atoms with Gasteiger partial charge in [-0.3, -0.25) is 4.79 Å². The maximum absolute atomic E-state index is 12.6. The highest BCUT2D eigenvalue weighted by Gasteiger charge is 2.28. The summed E-state index contributed by atoms with van der Waals surface area (Å²) in [7, 11) is 0. The molecule has 2 aromatic rings. The first-order valence-corrected chi connectivity index (χ1v) is 9.87. The van der Waals surface area contributed by atoms with E-state index in [2.05, 4.69) is 48.5 Å². The third-order valence-corrected chi connectivity index (χ3v) is 5.02. The molecule has 142 valence electrons. The highest BCUT2D eigenvalue weighted by Crippen LogP contribution is 2.41. The number of carbonyl (C=O) groups is 1. The van der Waals surface area contributed by atoms with Gasteiger partial charge in [0.15, 0.2) is 0 Å². The molecule has 0 amide bonds. The Labute approximate surface area is 162 Å². The second-order valence-electron chi connectivity index (χ2n) is 6.85. The highest BCUT2D eigenvalue weighted by molar-refractivity contribution is 5.93. The van der Waals surface area contributed by atoms with Gasteiger partial charge in [0.25, 0.3) is 0 Å². The Balaban J connectivity index is 1.74. The second kappa shape index (κ2) is 10.1. The van der Waals surface area contributed by atoms with E-state index >= 15 is 0 Å². The van der Waals surface area contributed by atoms with Crippen LogP contribution in [0.5, 0.6) is 0 Å². The van der Waals surface area contributed by atoms with Crippen LogP contribution in [0.4, 0.5) is 0 Å². The van der Waals surface area contributed by atoms with Crippen LogP contribution in [0.1, 0.15) is 43.7 Å². The van der Waals surface area contributed by atoms with E-state index in [0.717, 1.165) is 25.7 Å². The molecule has 2 aromatic carbocycles. The summed E-state index contributed by atoms with van der Waals surface area (Å²) in [5.41, 5.74) is 5.07. The smallest absolute Gasteiger partial charge is 0.309 e. The molecule has 1 aliphatic rings. The van der Waals surface area contributed by atoms with Gasteiger partial charge >= 0.3 is 5.97 Å². The molecule has 0 saturated heterocycles. The molecule has 0 fully saturated rings. The van der Waals surface area contributed by atoms with Gasteiger partial charge in [0.2, 0.25) is 0 Å². The number of carbonyl (C=O) groups excluding carboxylic acids is 1. The maximum Gasteiger partial charge on any atom is 0.309 e. The zero-order valence-corrected chi connectivity index (χ0v) is 16.0.